The van der Waals surface area contributed by atoms with Crippen molar-refractivity contribution in [1.82, 2.24) is 4.98 Å². The number of aromatic carboxylic acids is 1. The van der Waals surface area contributed by atoms with Gasteiger partial charge in [-0.05, 0) is 31.9 Å². The summed E-state index contributed by atoms with van der Waals surface area (Å²) in [6, 6.07) is 3.44. The molecule has 2 rings (SSSR count). The third-order valence-corrected chi connectivity index (χ3v) is 3.78. The molecule has 0 aliphatic rings. The van der Waals surface area contributed by atoms with Gasteiger partial charge in [-0.15, -0.1) is 11.3 Å². The number of nitrogens with one attached hydrogen (secondary N) is 1. The highest BCUT2D eigenvalue weighted by molar-refractivity contribution is 7.13. The largest absolute Gasteiger partial charge is 0.478 e. The minimum Gasteiger partial charge on any atom is -0.478 e. The highest BCUT2D eigenvalue weighted by atomic mass is 32.1. The number of aryl methyl sites for hydroxylation is 3. The topological polar surface area (TPSA) is 79.3 Å². The number of hydrogen-bond acceptors (Lipinski definition) is 4. The molecule has 6 heteroatoms. The van der Waals surface area contributed by atoms with E-state index in [2.05, 4.69) is 10.3 Å². The fourth-order valence-corrected chi connectivity index (χ4v) is 2.63. The van der Waals surface area contributed by atoms with Crippen LogP contribution in [0.4, 0.5) is 5.13 Å². The summed E-state index contributed by atoms with van der Waals surface area (Å²) in [6.45, 7) is 5.22. The number of carboxylic acids is 1. The van der Waals surface area contributed by atoms with Gasteiger partial charge in [0.2, 0.25) is 0 Å². The molecule has 2 aromatic rings. The van der Waals surface area contributed by atoms with Gasteiger partial charge < -0.3 is 5.11 Å². The normalized spacial score (nSPS) is 10.3. The summed E-state index contributed by atoms with van der Waals surface area (Å²) in [7, 11) is 0. The zero-order chi connectivity index (χ0) is 14.9. The maximum atomic E-state index is 12.3. The molecule has 1 heterocycles. The van der Waals surface area contributed by atoms with E-state index in [-0.39, 0.29) is 11.1 Å². The van der Waals surface area contributed by atoms with Crippen molar-refractivity contribution in [2.24, 2.45) is 0 Å². The van der Waals surface area contributed by atoms with Gasteiger partial charge in [-0.1, -0.05) is 12.1 Å². The standard InChI is InChI=1S/C14H14N2O3S/c1-7-4-5-8(2)11(13(18)19)10(7)12(17)16-14-15-9(3)6-20-14/h4-6H,1-3H3,(H,18,19)(H,15,16,17). The molecule has 0 atom stereocenters. The Labute approximate surface area is 120 Å². The number of amides is 1. The fraction of sp³-hybridized carbons (Fsp3) is 0.214. The van der Waals surface area contributed by atoms with E-state index in [1.807, 2.05) is 12.3 Å². The lowest BCUT2D eigenvalue weighted by atomic mass is 9.96. The Morgan fingerprint density at radius 1 is 1.15 bits per heavy atom. The van der Waals surface area contributed by atoms with Crippen molar-refractivity contribution in [3.63, 3.8) is 0 Å². The predicted octanol–water partition coefficient (Wildman–Crippen LogP) is 3.02. The molecule has 2 N–H and O–H groups in total. The Hall–Kier alpha value is -2.21. The SMILES string of the molecule is Cc1csc(NC(=O)c2c(C)ccc(C)c2C(=O)O)n1. The van der Waals surface area contributed by atoms with Crippen molar-refractivity contribution >= 4 is 28.3 Å². The summed E-state index contributed by atoms with van der Waals surface area (Å²) in [5, 5.41) is 14.2. The van der Waals surface area contributed by atoms with E-state index in [4.69, 9.17) is 0 Å². The number of benzene rings is 1. The second-order valence-electron chi connectivity index (χ2n) is 4.50. The first-order valence-corrected chi connectivity index (χ1v) is 6.85. The summed E-state index contributed by atoms with van der Waals surface area (Å²) in [6.07, 6.45) is 0. The number of rotatable bonds is 3. The van der Waals surface area contributed by atoms with Crippen LogP contribution in [0, 0.1) is 20.8 Å². The Morgan fingerprint density at radius 3 is 2.25 bits per heavy atom. The number of carboxylic acid groups (broad SMARTS) is 1. The van der Waals surface area contributed by atoms with Crippen LogP contribution in [-0.2, 0) is 0 Å². The van der Waals surface area contributed by atoms with Gasteiger partial charge in [0.05, 0.1) is 16.8 Å². The molecule has 0 saturated heterocycles. The molecule has 5 nitrogen and oxygen atoms in total. The average molecular weight is 290 g/mol. The van der Waals surface area contributed by atoms with Crippen molar-refractivity contribution < 1.29 is 14.7 Å². The lowest BCUT2D eigenvalue weighted by molar-refractivity contribution is 0.0691. The second kappa shape index (κ2) is 5.42. The molecule has 0 spiro atoms. The van der Waals surface area contributed by atoms with Crippen LogP contribution in [0.5, 0.6) is 0 Å². The monoisotopic (exact) mass is 290 g/mol. The molecule has 0 bridgehead atoms. The minimum absolute atomic E-state index is 0.0378. The van der Waals surface area contributed by atoms with Crippen molar-refractivity contribution in [2.45, 2.75) is 20.8 Å². The number of hydrogen-bond donors (Lipinski definition) is 2. The van der Waals surface area contributed by atoms with Gasteiger partial charge in [0.15, 0.2) is 5.13 Å². The molecule has 1 amide bonds. The molecule has 1 aromatic heterocycles. The molecular formula is C14H14N2O3S. The highest BCUT2D eigenvalue weighted by Gasteiger charge is 2.21. The van der Waals surface area contributed by atoms with Gasteiger partial charge in [-0.3, -0.25) is 10.1 Å². The van der Waals surface area contributed by atoms with Crippen molar-refractivity contribution in [1.29, 1.82) is 0 Å². The summed E-state index contributed by atoms with van der Waals surface area (Å²) in [4.78, 5) is 27.8. The van der Waals surface area contributed by atoms with E-state index in [1.54, 1.807) is 26.0 Å². The zero-order valence-electron chi connectivity index (χ0n) is 11.4. The first-order chi connectivity index (χ1) is 9.40. The predicted molar refractivity (Wildman–Crippen MR) is 77.7 cm³/mol. The van der Waals surface area contributed by atoms with Crippen LogP contribution < -0.4 is 5.32 Å². The summed E-state index contributed by atoms with van der Waals surface area (Å²) in [5.41, 5.74) is 2.22. The first kappa shape index (κ1) is 14.2. The Morgan fingerprint density at radius 2 is 1.75 bits per heavy atom. The lowest BCUT2D eigenvalue weighted by Crippen LogP contribution is -2.19. The smallest absolute Gasteiger partial charge is 0.336 e. The second-order valence-corrected chi connectivity index (χ2v) is 5.36. The van der Waals surface area contributed by atoms with Gasteiger partial charge in [0.1, 0.15) is 0 Å². The summed E-state index contributed by atoms with van der Waals surface area (Å²) >= 11 is 1.31. The first-order valence-electron chi connectivity index (χ1n) is 5.97. The van der Waals surface area contributed by atoms with Gasteiger partial charge >= 0.3 is 5.97 Å². The molecule has 0 aliphatic heterocycles. The number of anilines is 1. The fourth-order valence-electron chi connectivity index (χ4n) is 1.95. The summed E-state index contributed by atoms with van der Waals surface area (Å²) in [5.74, 6) is -1.55. The molecule has 0 unspecified atom stereocenters. The van der Waals surface area contributed by atoms with Crippen LogP contribution in [0.1, 0.15) is 37.5 Å². The molecule has 0 saturated carbocycles. The lowest BCUT2D eigenvalue weighted by Gasteiger charge is -2.11. The molecule has 0 fully saturated rings. The van der Waals surface area contributed by atoms with Crippen LogP contribution in [0.15, 0.2) is 17.5 Å². The molecule has 1 aromatic carbocycles. The van der Waals surface area contributed by atoms with Crippen molar-refractivity contribution in [2.75, 3.05) is 5.32 Å². The number of carbonyl (C=O) groups excluding carboxylic acids is 1. The average Bonchev–Trinajstić information content (AvgIpc) is 2.76. The zero-order valence-corrected chi connectivity index (χ0v) is 12.2. The van der Waals surface area contributed by atoms with Crippen molar-refractivity contribution in [3.05, 3.63) is 45.5 Å². The Kier molecular flexibility index (Phi) is 3.85. The Balaban J connectivity index is 2.43. The van der Waals surface area contributed by atoms with Crippen molar-refractivity contribution in [3.8, 4) is 0 Å². The van der Waals surface area contributed by atoms with Crippen LogP contribution in [0.3, 0.4) is 0 Å². The minimum atomic E-state index is -1.10. The van der Waals surface area contributed by atoms with Gasteiger partial charge in [-0.25, -0.2) is 9.78 Å². The van der Waals surface area contributed by atoms with Crippen LogP contribution in [0.2, 0.25) is 0 Å². The third kappa shape index (κ3) is 2.70. The van der Waals surface area contributed by atoms with E-state index in [9.17, 15) is 14.7 Å². The van der Waals surface area contributed by atoms with E-state index in [0.717, 1.165) is 5.69 Å². The molecular weight excluding hydrogens is 276 g/mol. The van der Waals surface area contributed by atoms with Crippen LogP contribution in [0.25, 0.3) is 0 Å². The maximum absolute atomic E-state index is 12.3. The Bertz CT molecular complexity index is 692. The van der Waals surface area contributed by atoms with Crippen LogP contribution in [-0.4, -0.2) is 22.0 Å². The number of carbonyl (C=O) groups is 2. The van der Waals surface area contributed by atoms with E-state index in [1.165, 1.54) is 11.3 Å². The molecule has 0 aliphatic carbocycles. The van der Waals surface area contributed by atoms with Gasteiger partial charge in [-0.2, -0.15) is 0 Å². The number of thiazole rings is 1. The summed E-state index contributed by atoms with van der Waals surface area (Å²) < 4.78 is 0. The molecule has 0 radical (unpaired) electrons. The van der Waals surface area contributed by atoms with Crippen LogP contribution >= 0.6 is 11.3 Å². The van der Waals surface area contributed by atoms with E-state index >= 15 is 0 Å². The van der Waals surface area contributed by atoms with E-state index in [0.29, 0.717) is 16.3 Å². The number of nitrogens with zero attached hydrogens (tertiary/aromatic N) is 1. The molecule has 104 valence electrons. The van der Waals surface area contributed by atoms with Gasteiger partial charge in [0.25, 0.3) is 5.91 Å². The quantitative estimate of drug-likeness (QED) is 0.910. The van der Waals surface area contributed by atoms with E-state index < -0.39 is 11.9 Å². The highest BCUT2D eigenvalue weighted by Crippen LogP contribution is 2.22. The maximum Gasteiger partial charge on any atom is 0.336 e. The molecule has 20 heavy (non-hydrogen) atoms. The number of aromatic nitrogens is 1. The van der Waals surface area contributed by atoms with Gasteiger partial charge in [0, 0.05) is 5.38 Å². The third-order valence-electron chi connectivity index (χ3n) is 2.90.